The molecule has 2 rings (SSSR count). The first kappa shape index (κ1) is 9.24. The lowest BCUT2D eigenvalue weighted by Crippen LogP contribution is -2.34. The Morgan fingerprint density at radius 1 is 1.71 bits per heavy atom. The van der Waals surface area contributed by atoms with E-state index in [-0.39, 0.29) is 11.9 Å². The zero-order valence-electron chi connectivity index (χ0n) is 8.50. The standard InChI is InChI=1S/C10H15N3O/c1-6(8-3-4-8)12-10(14)9-5-11-13-7(9)2/h5-6,8H,3-4H2,1-2H3,(H,11,13)(H,12,14). The van der Waals surface area contributed by atoms with Gasteiger partial charge in [-0.1, -0.05) is 0 Å². The van der Waals surface area contributed by atoms with E-state index in [9.17, 15) is 4.79 Å². The van der Waals surface area contributed by atoms with Crippen LogP contribution in [-0.4, -0.2) is 22.1 Å². The van der Waals surface area contributed by atoms with Crippen LogP contribution in [0.4, 0.5) is 0 Å². The van der Waals surface area contributed by atoms with Gasteiger partial charge in [0.25, 0.3) is 5.91 Å². The molecule has 2 N–H and O–H groups in total. The topological polar surface area (TPSA) is 57.8 Å². The summed E-state index contributed by atoms with van der Waals surface area (Å²) in [5, 5.41) is 9.57. The molecule has 0 bridgehead atoms. The van der Waals surface area contributed by atoms with Crippen LogP contribution in [0.5, 0.6) is 0 Å². The Labute approximate surface area is 83.1 Å². The van der Waals surface area contributed by atoms with E-state index in [2.05, 4.69) is 22.4 Å². The van der Waals surface area contributed by atoms with E-state index in [0.717, 1.165) is 5.69 Å². The maximum absolute atomic E-state index is 11.7. The molecule has 0 aliphatic heterocycles. The number of aryl methyl sites for hydroxylation is 1. The Hall–Kier alpha value is -1.32. The summed E-state index contributed by atoms with van der Waals surface area (Å²) in [5.74, 6) is 0.668. The van der Waals surface area contributed by atoms with Crippen molar-refractivity contribution in [3.8, 4) is 0 Å². The van der Waals surface area contributed by atoms with E-state index in [0.29, 0.717) is 11.5 Å². The molecule has 14 heavy (non-hydrogen) atoms. The van der Waals surface area contributed by atoms with Crippen LogP contribution in [0.1, 0.15) is 35.8 Å². The van der Waals surface area contributed by atoms with E-state index in [1.54, 1.807) is 6.20 Å². The third-order valence-corrected chi connectivity index (χ3v) is 2.76. The fraction of sp³-hybridized carbons (Fsp3) is 0.600. The lowest BCUT2D eigenvalue weighted by atomic mass is 10.2. The molecule has 1 aromatic rings. The number of nitrogens with one attached hydrogen (secondary N) is 2. The number of nitrogens with zero attached hydrogens (tertiary/aromatic N) is 1. The first-order valence-electron chi connectivity index (χ1n) is 4.99. The predicted molar refractivity (Wildman–Crippen MR) is 53.0 cm³/mol. The van der Waals surface area contributed by atoms with Crippen LogP contribution in [0.15, 0.2) is 6.20 Å². The maximum atomic E-state index is 11.7. The van der Waals surface area contributed by atoms with Gasteiger partial charge in [-0.2, -0.15) is 5.10 Å². The van der Waals surface area contributed by atoms with Gasteiger partial charge in [0, 0.05) is 11.7 Å². The number of carbonyl (C=O) groups is 1. The molecular formula is C10H15N3O. The van der Waals surface area contributed by atoms with Crippen molar-refractivity contribution in [3.63, 3.8) is 0 Å². The Morgan fingerprint density at radius 3 is 2.93 bits per heavy atom. The quantitative estimate of drug-likeness (QED) is 0.759. The van der Waals surface area contributed by atoms with Gasteiger partial charge in [0.05, 0.1) is 11.8 Å². The van der Waals surface area contributed by atoms with Crippen LogP contribution in [0, 0.1) is 12.8 Å². The summed E-state index contributed by atoms with van der Waals surface area (Å²) in [5.41, 5.74) is 1.47. The number of rotatable bonds is 3. The molecular weight excluding hydrogens is 178 g/mol. The van der Waals surface area contributed by atoms with Crippen molar-refractivity contribution in [2.24, 2.45) is 5.92 Å². The summed E-state index contributed by atoms with van der Waals surface area (Å²) in [7, 11) is 0. The first-order chi connectivity index (χ1) is 6.68. The van der Waals surface area contributed by atoms with Crippen LogP contribution in [0.3, 0.4) is 0 Å². The molecule has 1 atom stereocenters. The highest BCUT2D eigenvalue weighted by Crippen LogP contribution is 2.32. The molecule has 76 valence electrons. The van der Waals surface area contributed by atoms with Crippen LogP contribution >= 0.6 is 0 Å². The van der Waals surface area contributed by atoms with Crippen molar-refractivity contribution in [2.45, 2.75) is 32.7 Å². The second-order valence-corrected chi connectivity index (χ2v) is 4.01. The van der Waals surface area contributed by atoms with Crippen molar-refractivity contribution >= 4 is 5.91 Å². The maximum Gasteiger partial charge on any atom is 0.254 e. The molecule has 0 aromatic carbocycles. The van der Waals surface area contributed by atoms with Gasteiger partial charge in [-0.25, -0.2) is 0 Å². The zero-order chi connectivity index (χ0) is 10.1. The van der Waals surface area contributed by atoms with Crippen molar-refractivity contribution in [1.82, 2.24) is 15.5 Å². The molecule has 0 spiro atoms. The van der Waals surface area contributed by atoms with Crippen molar-refractivity contribution < 1.29 is 4.79 Å². The molecule has 1 amide bonds. The summed E-state index contributed by atoms with van der Waals surface area (Å²) in [6.07, 6.45) is 4.06. The monoisotopic (exact) mass is 193 g/mol. The van der Waals surface area contributed by atoms with Crippen molar-refractivity contribution in [2.75, 3.05) is 0 Å². The minimum Gasteiger partial charge on any atom is -0.349 e. The van der Waals surface area contributed by atoms with Crippen LogP contribution in [-0.2, 0) is 0 Å². The summed E-state index contributed by atoms with van der Waals surface area (Å²) in [4.78, 5) is 11.7. The number of hydrogen-bond acceptors (Lipinski definition) is 2. The van der Waals surface area contributed by atoms with Crippen molar-refractivity contribution in [3.05, 3.63) is 17.5 Å². The van der Waals surface area contributed by atoms with E-state index in [4.69, 9.17) is 0 Å². The van der Waals surface area contributed by atoms with Crippen molar-refractivity contribution in [1.29, 1.82) is 0 Å². The highest BCUT2D eigenvalue weighted by molar-refractivity contribution is 5.95. The number of carbonyl (C=O) groups excluding carboxylic acids is 1. The zero-order valence-corrected chi connectivity index (χ0v) is 8.50. The van der Waals surface area contributed by atoms with Crippen LogP contribution < -0.4 is 5.32 Å². The van der Waals surface area contributed by atoms with Crippen LogP contribution in [0.2, 0.25) is 0 Å². The molecule has 4 nitrogen and oxygen atoms in total. The van der Waals surface area contributed by atoms with E-state index >= 15 is 0 Å². The second kappa shape index (κ2) is 3.44. The normalized spacial score (nSPS) is 17.9. The molecule has 1 aliphatic rings. The minimum absolute atomic E-state index is 0.0179. The number of H-pyrrole nitrogens is 1. The minimum atomic E-state index is -0.0179. The van der Waals surface area contributed by atoms with Gasteiger partial charge in [-0.05, 0) is 32.6 Å². The second-order valence-electron chi connectivity index (χ2n) is 4.01. The number of amides is 1. The van der Waals surface area contributed by atoms with Gasteiger partial charge in [-0.3, -0.25) is 9.89 Å². The largest absolute Gasteiger partial charge is 0.349 e. The summed E-state index contributed by atoms with van der Waals surface area (Å²) in [6, 6.07) is 0.289. The van der Waals surface area contributed by atoms with Gasteiger partial charge in [0.15, 0.2) is 0 Å². The van der Waals surface area contributed by atoms with E-state index in [1.807, 2.05) is 6.92 Å². The summed E-state index contributed by atoms with van der Waals surface area (Å²) < 4.78 is 0. The van der Waals surface area contributed by atoms with E-state index < -0.39 is 0 Å². The predicted octanol–water partition coefficient (Wildman–Crippen LogP) is 1.25. The smallest absolute Gasteiger partial charge is 0.254 e. The molecule has 1 heterocycles. The van der Waals surface area contributed by atoms with Gasteiger partial charge in [0.2, 0.25) is 0 Å². The Balaban J connectivity index is 1.98. The Kier molecular flexibility index (Phi) is 2.27. The molecule has 1 aromatic heterocycles. The highest BCUT2D eigenvalue weighted by Gasteiger charge is 2.29. The molecule has 1 fully saturated rings. The Morgan fingerprint density at radius 2 is 2.43 bits per heavy atom. The molecule has 4 heteroatoms. The molecule has 1 aliphatic carbocycles. The average molecular weight is 193 g/mol. The summed E-state index contributed by atoms with van der Waals surface area (Å²) in [6.45, 7) is 3.91. The fourth-order valence-corrected chi connectivity index (χ4v) is 1.58. The van der Waals surface area contributed by atoms with Gasteiger partial charge in [0.1, 0.15) is 0 Å². The third kappa shape index (κ3) is 1.78. The number of hydrogen-bond donors (Lipinski definition) is 2. The molecule has 1 unspecified atom stereocenters. The fourth-order valence-electron chi connectivity index (χ4n) is 1.58. The number of aromatic amines is 1. The van der Waals surface area contributed by atoms with Crippen LogP contribution in [0.25, 0.3) is 0 Å². The lowest BCUT2D eigenvalue weighted by molar-refractivity contribution is 0.0935. The number of aromatic nitrogens is 2. The average Bonchev–Trinajstić information content (AvgIpc) is 2.89. The first-order valence-corrected chi connectivity index (χ1v) is 4.99. The van der Waals surface area contributed by atoms with E-state index in [1.165, 1.54) is 12.8 Å². The van der Waals surface area contributed by atoms with Gasteiger partial charge in [-0.15, -0.1) is 0 Å². The summed E-state index contributed by atoms with van der Waals surface area (Å²) >= 11 is 0. The molecule has 1 saturated carbocycles. The molecule has 0 radical (unpaired) electrons. The van der Waals surface area contributed by atoms with Gasteiger partial charge < -0.3 is 5.32 Å². The molecule has 0 saturated heterocycles. The Bertz CT molecular complexity index is 341. The lowest BCUT2D eigenvalue weighted by Gasteiger charge is -2.11. The van der Waals surface area contributed by atoms with Gasteiger partial charge >= 0.3 is 0 Å². The highest BCUT2D eigenvalue weighted by atomic mass is 16.1. The SMILES string of the molecule is Cc1[nH]ncc1C(=O)NC(C)C1CC1. The third-order valence-electron chi connectivity index (χ3n) is 2.76.